The van der Waals surface area contributed by atoms with E-state index in [2.05, 4.69) is 15.3 Å². The van der Waals surface area contributed by atoms with Crippen LogP contribution in [0.4, 0.5) is 4.39 Å². The van der Waals surface area contributed by atoms with Gasteiger partial charge in [0.25, 0.3) is 11.5 Å². The molecular weight excluding hydrogens is 1090 g/mol. The quantitative estimate of drug-likeness (QED) is 0.0565. The lowest BCUT2D eigenvalue weighted by atomic mass is 9.77. The van der Waals surface area contributed by atoms with Gasteiger partial charge in [0.2, 0.25) is 18.1 Å². The maximum atomic E-state index is 16.5. The van der Waals surface area contributed by atoms with Crippen molar-refractivity contribution in [2.45, 2.75) is 107 Å². The van der Waals surface area contributed by atoms with E-state index in [0.717, 1.165) is 29.2 Å². The first-order chi connectivity index (χ1) is 37.5. The summed E-state index contributed by atoms with van der Waals surface area (Å²) in [5.74, 6) is -7.70. The van der Waals surface area contributed by atoms with E-state index >= 15 is 4.39 Å². The Labute approximate surface area is 450 Å². The monoisotopic (exact) mass is 1140 g/mol. The number of amides is 3. The molecule has 79 heavy (non-hydrogen) atoms. The molecule has 26 nitrogen and oxygen atoms in total. The topological polar surface area (TPSA) is 356 Å². The third-order valence-electron chi connectivity index (χ3n) is 14.6. The first-order valence-corrected chi connectivity index (χ1v) is 27.4. The number of benzene rings is 2. The number of carbonyl (C=O) groups excluding carboxylic acids is 5. The van der Waals surface area contributed by atoms with Crippen LogP contribution in [0.3, 0.4) is 0 Å². The minimum absolute atomic E-state index is 0.0163. The number of likely N-dealkylation sites (tertiary alicyclic amines) is 1. The average molecular weight is 1140 g/mol. The normalized spacial score (nSPS) is 23.4. The number of ether oxygens (including phenoxy) is 3. The Morgan fingerprint density at radius 3 is 2.44 bits per heavy atom. The Bertz CT molecular complexity index is 3590. The molecule has 3 unspecified atom stereocenters. The summed E-state index contributed by atoms with van der Waals surface area (Å²) in [6, 6.07) is 5.30. The molecule has 5 N–H and O–H groups in total. The van der Waals surface area contributed by atoms with Gasteiger partial charge in [-0.1, -0.05) is 12.1 Å². The molecule has 2 aromatic carbocycles. The van der Waals surface area contributed by atoms with Crippen molar-refractivity contribution >= 4 is 68.3 Å². The molecule has 2 fully saturated rings. The van der Waals surface area contributed by atoms with Crippen molar-refractivity contribution in [1.29, 1.82) is 0 Å². The lowest BCUT2D eigenvalue weighted by Gasteiger charge is -2.38. The summed E-state index contributed by atoms with van der Waals surface area (Å²) in [6.45, 7) is 1.64. The molecule has 29 heteroatoms. The van der Waals surface area contributed by atoms with Crippen LogP contribution in [0.2, 0.25) is 0 Å². The maximum absolute atomic E-state index is 16.5. The molecule has 3 amide bonds. The number of aliphatic carboxylic acids is 1. The van der Waals surface area contributed by atoms with Crippen LogP contribution in [0.5, 0.6) is 17.2 Å². The number of aliphatic hydroxyl groups is 4. The van der Waals surface area contributed by atoms with Gasteiger partial charge in [-0.05, 0) is 49.8 Å². The fourth-order valence-corrected chi connectivity index (χ4v) is 11.8. The number of carboxylic acid groups (broad SMARTS) is 1. The van der Waals surface area contributed by atoms with Gasteiger partial charge in [0.05, 0.1) is 61.2 Å². The van der Waals surface area contributed by atoms with Crippen molar-refractivity contribution in [3.8, 4) is 28.6 Å². The molecule has 2 aliphatic carbocycles. The largest absolute Gasteiger partial charge is 0.501 e. The van der Waals surface area contributed by atoms with Crippen LogP contribution in [0.15, 0.2) is 41.3 Å². The van der Waals surface area contributed by atoms with Gasteiger partial charge in [-0.3, -0.25) is 33.7 Å². The number of aryl methyl sites for hydroxylation is 1. The minimum Gasteiger partial charge on any atom is -0.479 e. The van der Waals surface area contributed by atoms with E-state index in [4.69, 9.17) is 22.6 Å². The SMILES string of the molecule is CCC1(O)C(=O)CCc2c1cc1n(c2=O)Cc2c-1nc1cc(F)c(OS(=O)(=O)Oc3cc(C(=O)N(C)CCOCCn4cc(CN5C(=O)CC(SC)C5=O)nn4)ccc3OC3O[C@H](C(=O)O)[C@@H](O)[C@H](O)[C@H]3O)c3c1c2C(=O)CC3. The number of ketones is 2. The molecule has 0 spiro atoms. The molecule has 10 rings (SSSR count). The van der Waals surface area contributed by atoms with Gasteiger partial charge < -0.3 is 57.6 Å². The van der Waals surface area contributed by atoms with Crippen molar-refractivity contribution in [3.63, 3.8) is 0 Å². The molecule has 3 aliphatic heterocycles. The van der Waals surface area contributed by atoms with Crippen LogP contribution in [0.25, 0.3) is 22.3 Å². The summed E-state index contributed by atoms with van der Waals surface area (Å²) < 4.78 is 74.7. The number of nitrogens with zero attached hydrogens (tertiary/aromatic N) is 7. The second-order valence-corrected chi connectivity index (χ2v) is 21.6. The number of aliphatic hydroxyl groups excluding tert-OH is 3. The second-order valence-electron chi connectivity index (χ2n) is 19.4. The molecule has 418 valence electrons. The number of fused-ring (bicyclic) bond motifs is 5. The zero-order valence-corrected chi connectivity index (χ0v) is 43.8. The fourth-order valence-electron chi connectivity index (χ4n) is 10.4. The van der Waals surface area contributed by atoms with Crippen LogP contribution in [-0.4, -0.2) is 173 Å². The fraction of sp³-hybridized carbons (Fsp3) is 0.440. The van der Waals surface area contributed by atoms with Crippen molar-refractivity contribution in [1.82, 2.24) is 34.3 Å². The van der Waals surface area contributed by atoms with E-state index in [-0.39, 0.29) is 145 Å². The number of likely N-dealkylation sites (N-methyl/N-ethyl adjacent to an activating group) is 1. The smallest absolute Gasteiger partial charge is 0.479 e. The van der Waals surface area contributed by atoms with Crippen LogP contribution in [0.1, 0.15) is 81.3 Å². The second kappa shape index (κ2) is 21.1. The molecule has 3 aromatic heterocycles. The highest BCUT2D eigenvalue weighted by Crippen LogP contribution is 2.46. The molecule has 2 saturated heterocycles. The number of hydrogen-bond acceptors (Lipinski definition) is 22. The molecule has 0 bridgehead atoms. The predicted molar refractivity (Wildman–Crippen MR) is 268 cm³/mol. The zero-order valence-electron chi connectivity index (χ0n) is 42.2. The number of thioether (sulfide) groups is 1. The molecular formula is C50H50FN7O19S2. The number of halogens is 1. The number of aromatic nitrogens is 5. The zero-order chi connectivity index (χ0) is 56.6. The molecule has 0 saturated carbocycles. The third-order valence-corrected chi connectivity index (χ3v) is 16.3. The van der Waals surface area contributed by atoms with Crippen LogP contribution in [-0.2, 0) is 77.1 Å². The number of imide groups is 1. The van der Waals surface area contributed by atoms with Crippen molar-refractivity contribution in [2.24, 2.45) is 0 Å². The Morgan fingerprint density at radius 2 is 1.72 bits per heavy atom. The van der Waals surface area contributed by atoms with Crippen molar-refractivity contribution in [3.05, 3.63) is 91.8 Å². The van der Waals surface area contributed by atoms with Crippen LogP contribution >= 0.6 is 11.8 Å². The van der Waals surface area contributed by atoms with Gasteiger partial charge in [0.1, 0.15) is 29.6 Å². The highest BCUT2D eigenvalue weighted by atomic mass is 32.3. The number of rotatable bonds is 18. The van der Waals surface area contributed by atoms with E-state index in [1.165, 1.54) is 39.0 Å². The lowest BCUT2D eigenvalue weighted by Crippen LogP contribution is -2.61. The molecule has 6 heterocycles. The first kappa shape index (κ1) is 55.1. The van der Waals surface area contributed by atoms with E-state index in [1.54, 1.807) is 19.4 Å². The Balaban J connectivity index is 0.893. The van der Waals surface area contributed by atoms with E-state index in [0.29, 0.717) is 5.69 Å². The van der Waals surface area contributed by atoms with E-state index < -0.39 is 104 Å². The third kappa shape index (κ3) is 9.90. The van der Waals surface area contributed by atoms with Crippen LogP contribution < -0.4 is 18.7 Å². The number of carboxylic acids is 1. The Kier molecular flexibility index (Phi) is 14.7. The standard InChI is InChI=1S/C50H50FN7O19S2/c1-4-50(70)27-16-30-39-26(21-57(30)46(66)24(27)7-10-35(50)60)38-31(59)8-6-25-37(38)29(52-39)17-28(51)43(25)77-79(71,72)76-33-15-22(5-9-32(33)74-49-42(64)40(62)41(63)44(75-49)48(68)69)45(65)55(2)11-13-73-14-12-56-19-23(53-54-56)20-58-36(61)18-34(78-3)47(58)67/h5,9,15-17,19,34,40-42,44,49,62-64,70H,4,6-8,10-14,18,20-21H2,1-3H3,(H,68,69)/t34?,40-,41-,42+,44-,49?,50?/m0/s1. The summed E-state index contributed by atoms with van der Waals surface area (Å²) in [5, 5.41) is 60.2. The summed E-state index contributed by atoms with van der Waals surface area (Å²) in [5.41, 5.74) is -1.62. The molecule has 0 radical (unpaired) electrons. The van der Waals surface area contributed by atoms with Crippen molar-refractivity contribution in [2.75, 3.05) is 33.1 Å². The number of hydrogen-bond donors (Lipinski definition) is 5. The predicted octanol–water partition coefficient (Wildman–Crippen LogP) is 0.151. The van der Waals surface area contributed by atoms with Gasteiger partial charge in [-0.25, -0.2) is 18.9 Å². The first-order valence-electron chi connectivity index (χ1n) is 24.7. The van der Waals surface area contributed by atoms with Gasteiger partial charge in [0.15, 0.2) is 40.7 Å². The van der Waals surface area contributed by atoms with Gasteiger partial charge in [0, 0.05) is 77.7 Å². The van der Waals surface area contributed by atoms with Gasteiger partial charge in [-0.15, -0.1) is 13.5 Å². The summed E-state index contributed by atoms with van der Waals surface area (Å²) in [4.78, 5) is 98.3. The highest BCUT2D eigenvalue weighted by molar-refractivity contribution is 8.00. The lowest BCUT2D eigenvalue weighted by molar-refractivity contribution is -0.271. The molecule has 5 aromatic rings. The Morgan fingerprint density at radius 1 is 0.962 bits per heavy atom. The number of carbonyl (C=O) groups is 6. The number of pyridine rings is 2. The van der Waals surface area contributed by atoms with Crippen LogP contribution in [0, 0.1) is 5.82 Å². The van der Waals surface area contributed by atoms with Crippen molar-refractivity contribution < 1.29 is 89.7 Å². The minimum atomic E-state index is -5.54. The molecule has 7 atom stereocenters. The van der Waals surface area contributed by atoms with Gasteiger partial charge >= 0.3 is 16.4 Å². The number of Topliss-reactive ketones (excluding diaryl/α,β-unsaturated/α-hetero) is 2. The Hall–Kier alpha value is -7.25. The summed E-state index contributed by atoms with van der Waals surface area (Å²) in [6.07, 6.45) is -7.81. The summed E-state index contributed by atoms with van der Waals surface area (Å²) in [7, 11) is -4.15. The highest BCUT2D eigenvalue weighted by Gasteiger charge is 2.49. The van der Waals surface area contributed by atoms with E-state index in [9.17, 15) is 67.5 Å². The summed E-state index contributed by atoms with van der Waals surface area (Å²) >= 11 is 1.29. The molecule has 5 aliphatic rings. The average Bonchev–Trinajstić information content (AvgIpc) is 4.34. The maximum Gasteiger partial charge on any atom is 0.501 e. The van der Waals surface area contributed by atoms with Gasteiger partial charge in [-0.2, -0.15) is 11.8 Å². The van der Waals surface area contributed by atoms with E-state index in [1.807, 2.05) is 0 Å².